The van der Waals surface area contributed by atoms with E-state index in [-0.39, 0.29) is 0 Å². The standard InChI is InChI=1S/C9H12N4S/c14-9-11-6-13(7-12-9)5-8-2-1-3-10-4-8/h1-4H,5-7H2,(H2,11,12,14)/p+1. The lowest BCUT2D eigenvalue weighted by Gasteiger charge is -2.26. The summed E-state index contributed by atoms with van der Waals surface area (Å²) >= 11 is 4.98. The van der Waals surface area contributed by atoms with Crippen molar-refractivity contribution in [1.82, 2.24) is 15.6 Å². The van der Waals surface area contributed by atoms with Crippen molar-refractivity contribution in [1.29, 1.82) is 0 Å². The number of thiocarbonyl (C=S) groups is 1. The van der Waals surface area contributed by atoms with E-state index in [0.717, 1.165) is 25.0 Å². The molecule has 0 saturated carbocycles. The molecule has 3 N–H and O–H groups in total. The summed E-state index contributed by atoms with van der Waals surface area (Å²) in [6, 6.07) is 4.05. The van der Waals surface area contributed by atoms with E-state index in [1.54, 1.807) is 6.20 Å². The number of quaternary nitrogens is 1. The summed E-state index contributed by atoms with van der Waals surface area (Å²) in [5.41, 5.74) is 1.25. The third kappa shape index (κ3) is 2.40. The Balaban J connectivity index is 1.89. The zero-order valence-electron chi connectivity index (χ0n) is 7.79. The Morgan fingerprint density at radius 1 is 1.43 bits per heavy atom. The van der Waals surface area contributed by atoms with Gasteiger partial charge in [0.05, 0.1) is 0 Å². The summed E-state index contributed by atoms with van der Waals surface area (Å²) in [7, 11) is 0. The van der Waals surface area contributed by atoms with Gasteiger partial charge < -0.3 is 10.6 Å². The summed E-state index contributed by atoms with van der Waals surface area (Å²) in [4.78, 5) is 5.49. The normalized spacial score (nSPS) is 17.3. The zero-order valence-corrected chi connectivity index (χ0v) is 8.60. The number of nitrogens with zero attached hydrogens (tertiary/aromatic N) is 1. The van der Waals surface area contributed by atoms with Gasteiger partial charge in [-0.25, -0.2) is 0 Å². The van der Waals surface area contributed by atoms with Crippen LogP contribution in [0.4, 0.5) is 0 Å². The second-order valence-electron chi connectivity index (χ2n) is 3.32. The molecular formula is C9H13N4S+. The number of rotatable bonds is 2. The maximum Gasteiger partial charge on any atom is 0.174 e. The Morgan fingerprint density at radius 2 is 2.21 bits per heavy atom. The molecule has 1 aromatic heterocycles. The van der Waals surface area contributed by atoms with E-state index in [2.05, 4.69) is 21.7 Å². The lowest BCUT2D eigenvalue weighted by molar-refractivity contribution is -0.920. The number of aromatic nitrogens is 1. The highest BCUT2D eigenvalue weighted by Crippen LogP contribution is 1.91. The van der Waals surface area contributed by atoms with E-state index >= 15 is 0 Å². The first kappa shape index (κ1) is 9.36. The molecular weight excluding hydrogens is 196 g/mol. The van der Waals surface area contributed by atoms with Gasteiger partial charge in [-0.05, 0) is 18.3 Å². The van der Waals surface area contributed by atoms with Crippen molar-refractivity contribution in [2.75, 3.05) is 13.3 Å². The average molecular weight is 209 g/mol. The lowest BCUT2D eigenvalue weighted by Crippen LogP contribution is -3.16. The molecule has 1 fully saturated rings. The smallest absolute Gasteiger partial charge is 0.174 e. The molecule has 0 aliphatic carbocycles. The van der Waals surface area contributed by atoms with Crippen molar-refractivity contribution in [3.8, 4) is 0 Å². The molecule has 0 atom stereocenters. The highest BCUT2D eigenvalue weighted by Gasteiger charge is 2.14. The summed E-state index contributed by atoms with van der Waals surface area (Å²) in [6.45, 7) is 2.72. The fourth-order valence-corrected chi connectivity index (χ4v) is 1.60. The first-order chi connectivity index (χ1) is 6.84. The molecule has 0 aromatic carbocycles. The summed E-state index contributed by atoms with van der Waals surface area (Å²) < 4.78 is 0. The molecule has 74 valence electrons. The Morgan fingerprint density at radius 3 is 2.86 bits per heavy atom. The van der Waals surface area contributed by atoms with Crippen molar-refractivity contribution in [3.63, 3.8) is 0 Å². The molecule has 0 spiro atoms. The van der Waals surface area contributed by atoms with Crippen LogP contribution in [0.5, 0.6) is 0 Å². The van der Waals surface area contributed by atoms with Crippen LogP contribution in [0, 0.1) is 0 Å². The number of hydrogen-bond donors (Lipinski definition) is 3. The highest BCUT2D eigenvalue weighted by molar-refractivity contribution is 7.80. The second kappa shape index (κ2) is 4.34. The van der Waals surface area contributed by atoms with Gasteiger partial charge in [0.1, 0.15) is 6.54 Å². The van der Waals surface area contributed by atoms with Crippen LogP contribution < -0.4 is 15.5 Å². The van der Waals surface area contributed by atoms with Crippen molar-refractivity contribution in [2.45, 2.75) is 6.54 Å². The van der Waals surface area contributed by atoms with Gasteiger partial charge in [-0.15, -0.1) is 0 Å². The quantitative estimate of drug-likeness (QED) is 0.539. The predicted octanol–water partition coefficient (Wildman–Crippen LogP) is -1.14. The van der Waals surface area contributed by atoms with Crippen LogP contribution in [0.2, 0.25) is 0 Å². The van der Waals surface area contributed by atoms with Crippen LogP contribution >= 0.6 is 12.2 Å². The van der Waals surface area contributed by atoms with E-state index in [0.29, 0.717) is 0 Å². The largest absolute Gasteiger partial charge is 0.316 e. The van der Waals surface area contributed by atoms with Gasteiger partial charge in [0, 0.05) is 18.0 Å². The zero-order chi connectivity index (χ0) is 9.80. The van der Waals surface area contributed by atoms with Gasteiger partial charge >= 0.3 is 0 Å². The van der Waals surface area contributed by atoms with E-state index in [1.165, 1.54) is 10.5 Å². The Bertz CT molecular complexity index is 304. The fraction of sp³-hybridized carbons (Fsp3) is 0.333. The monoisotopic (exact) mass is 209 g/mol. The van der Waals surface area contributed by atoms with Crippen molar-refractivity contribution < 1.29 is 4.90 Å². The maximum atomic E-state index is 4.98. The highest BCUT2D eigenvalue weighted by atomic mass is 32.1. The topological polar surface area (TPSA) is 41.4 Å². The van der Waals surface area contributed by atoms with Gasteiger partial charge in [0.2, 0.25) is 0 Å². The van der Waals surface area contributed by atoms with E-state index in [4.69, 9.17) is 12.2 Å². The van der Waals surface area contributed by atoms with Gasteiger partial charge in [-0.1, -0.05) is 6.07 Å². The molecule has 4 nitrogen and oxygen atoms in total. The van der Waals surface area contributed by atoms with Crippen LogP contribution in [-0.2, 0) is 6.54 Å². The maximum absolute atomic E-state index is 4.98. The first-order valence-electron chi connectivity index (χ1n) is 4.59. The van der Waals surface area contributed by atoms with Crippen LogP contribution in [0.25, 0.3) is 0 Å². The van der Waals surface area contributed by atoms with Crippen LogP contribution in [0.3, 0.4) is 0 Å². The molecule has 1 aliphatic rings. The molecule has 2 rings (SSSR count). The number of hydrogen-bond acceptors (Lipinski definition) is 2. The summed E-state index contributed by atoms with van der Waals surface area (Å²) in [5.74, 6) is 0. The lowest BCUT2D eigenvalue weighted by atomic mass is 10.3. The SMILES string of the molecule is S=C1NC[NH+](Cc2cccnc2)CN1. The Kier molecular flexibility index (Phi) is 2.90. The molecule has 1 aromatic rings. The molecule has 0 amide bonds. The summed E-state index contributed by atoms with van der Waals surface area (Å²) in [5, 5.41) is 6.98. The van der Waals surface area contributed by atoms with Gasteiger partial charge in [-0.3, -0.25) is 9.88 Å². The van der Waals surface area contributed by atoms with Crippen LogP contribution in [0.15, 0.2) is 24.5 Å². The molecule has 2 heterocycles. The Labute approximate surface area is 88.3 Å². The van der Waals surface area contributed by atoms with Gasteiger partial charge in [-0.2, -0.15) is 0 Å². The summed E-state index contributed by atoms with van der Waals surface area (Å²) in [6.07, 6.45) is 3.70. The third-order valence-corrected chi connectivity index (χ3v) is 2.46. The Hall–Kier alpha value is -1.20. The molecule has 14 heavy (non-hydrogen) atoms. The van der Waals surface area contributed by atoms with Crippen molar-refractivity contribution in [2.24, 2.45) is 0 Å². The third-order valence-electron chi connectivity index (χ3n) is 2.17. The first-order valence-corrected chi connectivity index (χ1v) is 4.99. The molecule has 1 saturated heterocycles. The molecule has 0 radical (unpaired) electrons. The minimum atomic E-state index is 0.750. The predicted molar refractivity (Wildman–Crippen MR) is 57.5 cm³/mol. The van der Waals surface area contributed by atoms with E-state index in [9.17, 15) is 0 Å². The minimum absolute atomic E-state index is 0.750. The number of nitrogens with one attached hydrogen (secondary N) is 3. The molecule has 0 unspecified atom stereocenters. The molecule has 1 aliphatic heterocycles. The van der Waals surface area contributed by atoms with Crippen LogP contribution in [0.1, 0.15) is 5.56 Å². The van der Waals surface area contributed by atoms with Gasteiger partial charge in [0.25, 0.3) is 0 Å². The minimum Gasteiger partial charge on any atom is -0.316 e. The number of pyridine rings is 1. The average Bonchev–Trinajstić information content (AvgIpc) is 2.23. The van der Waals surface area contributed by atoms with E-state index < -0.39 is 0 Å². The molecule has 0 bridgehead atoms. The van der Waals surface area contributed by atoms with Crippen molar-refractivity contribution >= 4 is 17.3 Å². The van der Waals surface area contributed by atoms with E-state index in [1.807, 2.05) is 12.3 Å². The fourth-order valence-electron chi connectivity index (χ4n) is 1.45. The second-order valence-corrected chi connectivity index (χ2v) is 3.73. The molecule has 5 heteroatoms. The van der Waals surface area contributed by atoms with Crippen molar-refractivity contribution in [3.05, 3.63) is 30.1 Å². The van der Waals surface area contributed by atoms with Crippen LogP contribution in [-0.4, -0.2) is 23.4 Å². The van der Waals surface area contributed by atoms with Gasteiger partial charge in [0.15, 0.2) is 18.4 Å².